The Kier molecular flexibility index (Phi) is 4.65. The Hall–Kier alpha value is -2.57. The second-order valence-corrected chi connectivity index (χ2v) is 5.73. The largest absolute Gasteiger partial charge is 0.493 e. The van der Waals surface area contributed by atoms with Gasteiger partial charge in [-0.25, -0.2) is 0 Å². The predicted molar refractivity (Wildman–Crippen MR) is 86.0 cm³/mol. The number of benzene rings is 1. The lowest BCUT2D eigenvalue weighted by Gasteiger charge is -2.20. The number of hydrogen-bond donors (Lipinski definition) is 2. The minimum absolute atomic E-state index is 0.135. The molecule has 2 N–H and O–H groups in total. The van der Waals surface area contributed by atoms with E-state index < -0.39 is 0 Å². The molecule has 0 amide bonds. The normalized spacial score (nSPS) is 11.0. The first-order chi connectivity index (χ1) is 10.4. The van der Waals surface area contributed by atoms with E-state index in [-0.39, 0.29) is 5.54 Å². The Morgan fingerprint density at radius 3 is 2.41 bits per heavy atom. The molecule has 0 unspecified atom stereocenters. The SMILES string of the molecule is COc1ccc(Nc2cnnc(NC(C)(C)C)n2)cc1OC. The Balaban J connectivity index is 2.18. The number of hydrogen-bond acceptors (Lipinski definition) is 7. The third kappa shape index (κ3) is 4.21. The van der Waals surface area contributed by atoms with Crippen LogP contribution in [0.2, 0.25) is 0 Å². The molecule has 0 spiro atoms. The third-order valence-electron chi connectivity index (χ3n) is 2.70. The van der Waals surface area contributed by atoms with Crippen molar-refractivity contribution in [2.24, 2.45) is 0 Å². The Bertz CT molecular complexity index is 640. The van der Waals surface area contributed by atoms with Gasteiger partial charge in [0.15, 0.2) is 17.3 Å². The summed E-state index contributed by atoms with van der Waals surface area (Å²) in [6, 6.07) is 5.53. The van der Waals surface area contributed by atoms with Crippen molar-refractivity contribution in [3.8, 4) is 11.5 Å². The number of nitrogens with one attached hydrogen (secondary N) is 2. The quantitative estimate of drug-likeness (QED) is 0.879. The van der Waals surface area contributed by atoms with Crippen LogP contribution in [0, 0.1) is 0 Å². The summed E-state index contributed by atoms with van der Waals surface area (Å²) in [5, 5.41) is 14.3. The maximum absolute atomic E-state index is 5.28. The Morgan fingerprint density at radius 1 is 1.05 bits per heavy atom. The molecule has 2 aromatic rings. The number of aromatic nitrogens is 3. The molecular formula is C15H21N5O2. The van der Waals surface area contributed by atoms with Crippen molar-refractivity contribution in [1.82, 2.24) is 15.2 Å². The highest BCUT2D eigenvalue weighted by atomic mass is 16.5. The molecule has 0 aliphatic heterocycles. The summed E-state index contributed by atoms with van der Waals surface area (Å²) >= 11 is 0. The average molecular weight is 303 g/mol. The van der Waals surface area contributed by atoms with E-state index in [0.717, 1.165) is 5.69 Å². The topological polar surface area (TPSA) is 81.2 Å². The van der Waals surface area contributed by atoms with Crippen LogP contribution in [0.3, 0.4) is 0 Å². The summed E-state index contributed by atoms with van der Waals surface area (Å²) in [6.07, 6.45) is 1.56. The van der Waals surface area contributed by atoms with Gasteiger partial charge in [0.2, 0.25) is 5.95 Å². The standard InChI is InChI=1S/C15H21N5O2/c1-15(2,3)19-14-18-13(9-16-20-14)17-10-6-7-11(21-4)12(8-10)22-5/h6-9H,1-5H3,(H2,17,18,19,20). The van der Waals surface area contributed by atoms with E-state index in [0.29, 0.717) is 23.3 Å². The average Bonchev–Trinajstić information content (AvgIpc) is 2.45. The summed E-state index contributed by atoms with van der Waals surface area (Å²) in [5.41, 5.74) is 0.684. The van der Waals surface area contributed by atoms with E-state index in [1.54, 1.807) is 20.4 Å². The highest BCUT2D eigenvalue weighted by Gasteiger charge is 2.12. The van der Waals surface area contributed by atoms with Crippen LogP contribution in [0.15, 0.2) is 24.4 Å². The second kappa shape index (κ2) is 6.46. The zero-order valence-electron chi connectivity index (χ0n) is 13.5. The van der Waals surface area contributed by atoms with Crippen molar-refractivity contribution in [3.05, 3.63) is 24.4 Å². The summed E-state index contributed by atoms with van der Waals surface area (Å²) in [4.78, 5) is 4.38. The molecule has 7 nitrogen and oxygen atoms in total. The van der Waals surface area contributed by atoms with Crippen molar-refractivity contribution < 1.29 is 9.47 Å². The summed E-state index contributed by atoms with van der Waals surface area (Å²) in [6.45, 7) is 6.10. The molecule has 0 fully saturated rings. The van der Waals surface area contributed by atoms with Crippen LogP contribution < -0.4 is 20.1 Å². The van der Waals surface area contributed by atoms with Gasteiger partial charge in [0.1, 0.15) is 0 Å². The molecule has 1 aromatic heterocycles. The molecule has 0 radical (unpaired) electrons. The molecule has 7 heteroatoms. The van der Waals surface area contributed by atoms with Gasteiger partial charge < -0.3 is 20.1 Å². The van der Waals surface area contributed by atoms with Gasteiger partial charge in [0, 0.05) is 17.3 Å². The molecular weight excluding hydrogens is 282 g/mol. The molecule has 1 aromatic carbocycles. The maximum atomic E-state index is 5.28. The fraction of sp³-hybridized carbons (Fsp3) is 0.400. The molecule has 0 aliphatic rings. The summed E-state index contributed by atoms with van der Waals surface area (Å²) in [7, 11) is 3.20. The van der Waals surface area contributed by atoms with Crippen molar-refractivity contribution in [1.29, 1.82) is 0 Å². The van der Waals surface area contributed by atoms with Gasteiger partial charge in [0.25, 0.3) is 0 Å². The smallest absolute Gasteiger partial charge is 0.245 e. The van der Waals surface area contributed by atoms with E-state index in [2.05, 4.69) is 25.8 Å². The lowest BCUT2D eigenvalue weighted by molar-refractivity contribution is 0.355. The molecule has 22 heavy (non-hydrogen) atoms. The third-order valence-corrected chi connectivity index (χ3v) is 2.70. The maximum Gasteiger partial charge on any atom is 0.245 e. The first-order valence-corrected chi connectivity index (χ1v) is 6.88. The van der Waals surface area contributed by atoms with E-state index in [1.165, 1.54) is 0 Å². The highest BCUT2D eigenvalue weighted by Crippen LogP contribution is 2.30. The second-order valence-electron chi connectivity index (χ2n) is 5.73. The number of nitrogens with zero attached hydrogens (tertiary/aromatic N) is 3. The van der Waals surface area contributed by atoms with Gasteiger partial charge in [-0.15, -0.1) is 5.10 Å². The minimum Gasteiger partial charge on any atom is -0.493 e. The van der Waals surface area contributed by atoms with Crippen molar-refractivity contribution in [3.63, 3.8) is 0 Å². The Morgan fingerprint density at radius 2 is 1.77 bits per heavy atom. The van der Waals surface area contributed by atoms with Crippen LogP contribution in [0.25, 0.3) is 0 Å². The van der Waals surface area contributed by atoms with Gasteiger partial charge in [-0.2, -0.15) is 10.1 Å². The van der Waals surface area contributed by atoms with Crippen LogP contribution >= 0.6 is 0 Å². The number of rotatable bonds is 5. The van der Waals surface area contributed by atoms with Crippen molar-refractivity contribution in [2.75, 3.05) is 24.9 Å². The molecule has 0 saturated carbocycles. The summed E-state index contributed by atoms with van der Waals surface area (Å²) in [5.74, 6) is 2.37. The molecule has 2 rings (SSSR count). The van der Waals surface area contributed by atoms with Gasteiger partial charge in [-0.1, -0.05) is 0 Å². The van der Waals surface area contributed by atoms with Crippen LogP contribution in [0.5, 0.6) is 11.5 Å². The van der Waals surface area contributed by atoms with Gasteiger partial charge in [-0.3, -0.25) is 0 Å². The van der Waals surface area contributed by atoms with E-state index >= 15 is 0 Å². The number of anilines is 3. The van der Waals surface area contributed by atoms with Crippen LogP contribution in [-0.4, -0.2) is 34.9 Å². The lowest BCUT2D eigenvalue weighted by Crippen LogP contribution is -2.27. The number of ether oxygens (including phenoxy) is 2. The fourth-order valence-electron chi connectivity index (χ4n) is 1.81. The minimum atomic E-state index is -0.135. The Labute approximate surface area is 130 Å². The monoisotopic (exact) mass is 303 g/mol. The first-order valence-electron chi connectivity index (χ1n) is 6.88. The summed E-state index contributed by atoms with van der Waals surface area (Å²) < 4.78 is 10.5. The molecule has 0 aliphatic carbocycles. The zero-order valence-corrected chi connectivity index (χ0v) is 13.5. The molecule has 0 atom stereocenters. The van der Waals surface area contributed by atoms with Crippen molar-refractivity contribution in [2.45, 2.75) is 26.3 Å². The van der Waals surface area contributed by atoms with E-state index in [9.17, 15) is 0 Å². The number of methoxy groups -OCH3 is 2. The van der Waals surface area contributed by atoms with Crippen LogP contribution in [0.1, 0.15) is 20.8 Å². The zero-order chi connectivity index (χ0) is 16.2. The van der Waals surface area contributed by atoms with Crippen LogP contribution in [-0.2, 0) is 0 Å². The predicted octanol–water partition coefficient (Wildman–Crippen LogP) is 2.84. The fourth-order valence-corrected chi connectivity index (χ4v) is 1.81. The van der Waals surface area contributed by atoms with Gasteiger partial charge >= 0.3 is 0 Å². The molecule has 0 bridgehead atoms. The van der Waals surface area contributed by atoms with E-state index in [1.807, 2.05) is 39.0 Å². The van der Waals surface area contributed by atoms with Gasteiger partial charge in [0.05, 0.1) is 20.4 Å². The molecule has 118 valence electrons. The molecule has 0 saturated heterocycles. The van der Waals surface area contributed by atoms with E-state index in [4.69, 9.17) is 9.47 Å². The molecule has 1 heterocycles. The lowest BCUT2D eigenvalue weighted by atomic mass is 10.1. The highest BCUT2D eigenvalue weighted by molar-refractivity contribution is 5.61. The van der Waals surface area contributed by atoms with Crippen LogP contribution in [0.4, 0.5) is 17.5 Å². The van der Waals surface area contributed by atoms with Gasteiger partial charge in [-0.05, 0) is 32.9 Å². The first kappa shape index (κ1) is 15.8. The van der Waals surface area contributed by atoms with Crippen molar-refractivity contribution >= 4 is 17.5 Å².